The van der Waals surface area contributed by atoms with Gasteiger partial charge < -0.3 is 14.8 Å². The second kappa shape index (κ2) is 11.5. The Kier molecular flexibility index (Phi) is 9.26. The summed E-state index contributed by atoms with van der Waals surface area (Å²) >= 11 is 0. The number of amidine groups is 1. The average Bonchev–Trinajstić information content (AvgIpc) is 3.04. The van der Waals surface area contributed by atoms with Crippen LogP contribution in [-0.4, -0.2) is 30.4 Å². The van der Waals surface area contributed by atoms with Crippen LogP contribution in [0.3, 0.4) is 0 Å². The van der Waals surface area contributed by atoms with Gasteiger partial charge in [-0.05, 0) is 61.6 Å². The molecule has 0 saturated heterocycles. The van der Waals surface area contributed by atoms with Gasteiger partial charge in [-0.2, -0.15) is 0 Å². The van der Waals surface area contributed by atoms with Crippen molar-refractivity contribution in [2.24, 2.45) is 22.7 Å². The van der Waals surface area contributed by atoms with Crippen LogP contribution in [0.5, 0.6) is 5.75 Å². The average molecular weight is 457 g/mol. The van der Waals surface area contributed by atoms with Gasteiger partial charge in [0.05, 0.1) is 7.11 Å². The predicted octanol–water partition coefficient (Wildman–Crippen LogP) is 5.46. The SMILES string of the molecule is CCC(C)C(C1=NC(C)(CC(C)C)C(=O)N1)=C(CC(C)C)C(=O)OCc1ccc(OC)cc1. The highest BCUT2D eigenvalue weighted by Gasteiger charge is 2.41. The minimum absolute atomic E-state index is 0.0488. The Labute approximate surface area is 198 Å². The molecule has 1 aliphatic heterocycles. The van der Waals surface area contributed by atoms with Crippen LogP contribution in [0.4, 0.5) is 0 Å². The van der Waals surface area contributed by atoms with Crippen molar-refractivity contribution in [1.82, 2.24) is 5.32 Å². The highest BCUT2D eigenvalue weighted by molar-refractivity contribution is 6.17. The fourth-order valence-corrected chi connectivity index (χ4v) is 4.18. The number of esters is 1. The molecule has 0 spiro atoms. The Morgan fingerprint density at radius 3 is 2.24 bits per heavy atom. The van der Waals surface area contributed by atoms with Gasteiger partial charge in [0.1, 0.15) is 23.7 Å². The van der Waals surface area contributed by atoms with Crippen LogP contribution in [0.2, 0.25) is 0 Å². The molecule has 0 radical (unpaired) electrons. The maximum atomic E-state index is 13.3. The molecular formula is C27H40N2O4. The molecule has 0 aromatic heterocycles. The number of carbonyl (C=O) groups excluding carboxylic acids is 2. The van der Waals surface area contributed by atoms with Gasteiger partial charge in [-0.3, -0.25) is 9.79 Å². The van der Waals surface area contributed by atoms with E-state index in [-0.39, 0.29) is 30.3 Å². The van der Waals surface area contributed by atoms with Crippen LogP contribution < -0.4 is 10.1 Å². The molecule has 2 unspecified atom stereocenters. The van der Waals surface area contributed by atoms with E-state index in [0.29, 0.717) is 30.2 Å². The van der Waals surface area contributed by atoms with E-state index in [4.69, 9.17) is 14.5 Å². The number of hydrogen-bond donors (Lipinski definition) is 1. The zero-order chi connectivity index (χ0) is 24.8. The van der Waals surface area contributed by atoms with Crippen LogP contribution in [0.15, 0.2) is 40.4 Å². The number of benzene rings is 1. The summed E-state index contributed by atoms with van der Waals surface area (Å²) < 4.78 is 10.9. The highest BCUT2D eigenvalue weighted by atomic mass is 16.5. The van der Waals surface area contributed by atoms with Gasteiger partial charge in [-0.15, -0.1) is 0 Å². The molecule has 1 amide bonds. The number of nitrogens with zero attached hydrogens (tertiary/aromatic N) is 1. The minimum Gasteiger partial charge on any atom is -0.497 e. The highest BCUT2D eigenvalue weighted by Crippen LogP contribution is 2.32. The first-order chi connectivity index (χ1) is 15.5. The smallest absolute Gasteiger partial charge is 0.334 e. The molecule has 1 aromatic rings. The number of nitrogens with one attached hydrogen (secondary N) is 1. The van der Waals surface area contributed by atoms with Crippen LogP contribution in [-0.2, 0) is 20.9 Å². The Bertz CT molecular complexity index is 899. The zero-order valence-corrected chi connectivity index (χ0v) is 21.5. The maximum absolute atomic E-state index is 13.3. The molecule has 1 aromatic carbocycles. The monoisotopic (exact) mass is 456 g/mol. The van der Waals surface area contributed by atoms with E-state index in [0.717, 1.165) is 23.3 Å². The number of rotatable bonds is 11. The Morgan fingerprint density at radius 1 is 1.09 bits per heavy atom. The van der Waals surface area contributed by atoms with E-state index in [1.807, 2.05) is 31.2 Å². The Hall–Kier alpha value is -2.63. The topological polar surface area (TPSA) is 77.0 Å². The summed E-state index contributed by atoms with van der Waals surface area (Å²) in [6.07, 6.45) is 2.02. The zero-order valence-electron chi connectivity index (χ0n) is 21.5. The molecule has 1 heterocycles. The fourth-order valence-electron chi connectivity index (χ4n) is 4.18. The first-order valence-corrected chi connectivity index (χ1v) is 11.9. The Balaban J connectivity index is 2.42. The van der Waals surface area contributed by atoms with Crippen LogP contribution in [0.1, 0.15) is 73.3 Å². The molecule has 33 heavy (non-hydrogen) atoms. The van der Waals surface area contributed by atoms with E-state index >= 15 is 0 Å². The van der Waals surface area contributed by atoms with E-state index in [1.165, 1.54) is 0 Å². The lowest BCUT2D eigenvalue weighted by Gasteiger charge is -2.21. The van der Waals surface area contributed by atoms with E-state index in [9.17, 15) is 9.59 Å². The predicted molar refractivity (Wildman–Crippen MR) is 132 cm³/mol. The van der Waals surface area contributed by atoms with Crippen molar-refractivity contribution in [3.05, 3.63) is 41.0 Å². The lowest BCUT2D eigenvalue weighted by Crippen LogP contribution is -2.39. The number of aliphatic imine (C=N–C) groups is 1. The van der Waals surface area contributed by atoms with Gasteiger partial charge in [-0.1, -0.05) is 53.7 Å². The normalized spacial score (nSPS) is 19.8. The van der Waals surface area contributed by atoms with Gasteiger partial charge in [0.2, 0.25) is 0 Å². The summed E-state index contributed by atoms with van der Waals surface area (Å²) in [5, 5.41) is 2.99. The van der Waals surface area contributed by atoms with Crippen molar-refractivity contribution >= 4 is 17.7 Å². The fraction of sp³-hybridized carbons (Fsp3) is 0.593. The minimum atomic E-state index is -0.821. The standard InChI is InChI=1S/C27H40N2O4/c1-9-19(6)23(24-28-26(31)27(7,29-24)15-18(4)5)22(14-17(2)3)25(30)33-16-20-10-12-21(32-8)13-11-20/h10-13,17-19H,9,14-16H2,1-8H3,(H,28,29,31). The summed E-state index contributed by atoms with van der Waals surface area (Å²) in [5.41, 5.74) is 1.46. The van der Waals surface area contributed by atoms with Crippen molar-refractivity contribution in [2.45, 2.75) is 79.9 Å². The molecule has 0 saturated carbocycles. The quantitative estimate of drug-likeness (QED) is 0.354. The van der Waals surface area contributed by atoms with Crippen molar-refractivity contribution in [1.29, 1.82) is 0 Å². The van der Waals surface area contributed by atoms with Gasteiger partial charge in [-0.25, -0.2) is 4.79 Å². The molecular weight excluding hydrogens is 416 g/mol. The number of amides is 1. The molecule has 2 atom stereocenters. The van der Waals surface area contributed by atoms with E-state index < -0.39 is 5.54 Å². The van der Waals surface area contributed by atoms with E-state index in [1.54, 1.807) is 7.11 Å². The van der Waals surface area contributed by atoms with Crippen molar-refractivity contribution in [3.8, 4) is 5.75 Å². The molecule has 0 bridgehead atoms. The van der Waals surface area contributed by atoms with Crippen LogP contribution in [0, 0.1) is 17.8 Å². The number of carbonyl (C=O) groups is 2. The van der Waals surface area contributed by atoms with Gasteiger partial charge in [0.15, 0.2) is 0 Å². The van der Waals surface area contributed by atoms with Crippen molar-refractivity contribution in [2.75, 3.05) is 7.11 Å². The summed E-state index contributed by atoms with van der Waals surface area (Å²) in [6, 6.07) is 7.45. The third-order valence-corrected chi connectivity index (χ3v) is 5.96. The molecule has 2 rings (SSSR count). The number of methoxy groups -OCH3 is 1. The van der Waals surface area contributed by atoms with E-state index in [2.05, 4.69) is 46.9 Å². The third kappa shape index (κ3) is 6.92. The van der Waals surface area contributed by atoms with Crippen LogP contribution >= 0.6 is 0 Å². The first-order valence-electron chi connectivity index (χ1n) is 11.9. The molecule has 6 nitrogen and oxygen atoms in total. The lowest BCUT2D eigenvalue weighted by molar-refractivity contribution is -0.140. The molecule has 0 aliphatic carbocycles. The van der Waals surface area contributed by atoms with Gasteiger partial charge in [0.25, 0.3) is 5.91 Å². The Morgan fingerprint density at radius 2 is 1.73 bits per heavy atom. The van der Waals surface area contributed by atoms with Crippen molar-refractivity contribution in [3.63, 3.8) is 0 Å². The summed E-state index contributed by atoms with van der Waals surface area (Å²) in [4.78, 5) is 31.0. The summed E-state index contributed by atoms with van der Waals surface area (Å²) in [6.45, 7) is 14.5. The number of ether oxygens (including phenoxy) is 2. The second-order valence-electron chi connectivity index (χ2n) is 10.0. The largest absolute Gasteiger partial charge is 0.497 e. The summed E-state index contributed by atoms with van der Waals surface area (Å²) in [7, 11) is 1.62. The van der Waals surface area contributed by atoms with Crippen LogP contribution in [0.25, 0.3) is 0 Å². The first kappa shape index (κ1) is 26.6. The van der Waals surface area contributed by atoms with Crippen molar-refractivity contribution < 1.29 is 19.1 Å². The van der Waals surface area contributed by atoms with Gasteiger partial charge in [0, 0.05) is 11.1 Å². The summed E-state index contributed by atoms with van der Waals surface area (Å²) in [5.74, 6) is 1.43. The lowest BCUT2D eigenvalue weighted by atomic mass is 9.88. The molecule has 6 heteroatoms. The van der Waals surface area contributed by atoms with Gasteiger partial charge >= 0.3 is 5.97 Å². The third-order valence-electron chi connectivity index (χ3n) is 5.96. The number of hydrogen-bond acceptors (Lipinski definition) is 5. The molecule has 0 fully saturated rings. The second-order valence-corrected chi connectivity index (χ2v) is 10.0. The maximum Gasteiger partial charge on any atom is 0.334 e. The molecule has 182 valence electrons. The molecule has 1 N–H and O–H groups in total. The molecule has 1 aliphatic rings.